The van der Waals surface area contributed by atoms with Crippen molar-refractivity contribution < 1.29 is 4.74 Å². The quantitative estimate of drug-likeness (QED) is 0.909. The van der Waals surface area contributed by atoms with Gasteiger partial charge in [-0.3, -0.25) is 0 Å². The van der Waals surface area contributed by atoms with Crippen LogP contribution in [0.5, 0.6) is 5.75 Å². The van der Waals surface area contributed by atoms with E-state index in [2.05, 4.69) is 43.4 Å². The maximum atomic E-state index is 6.04. The fraction of sp³-hybridized carbons (Fsp3) is 0.333. The minimum absolute atomic E-state index is 0.212. The number of halogens is 1. The summed E-state index contributed by atoms with van der Waals surface area (Å²) in [6.07, 6.45) is 1.19. The monoisotopic (exact) mass is 301 g/mol. The molecule has 1 unspecified atom stereocenters. The van der Waals surface area contributed by atoms with Crippen LogP contribution in [0.2, 0.25) is 5.02 Å². The lowest BCUT2D eigenvalue weighted by molar-refractivity contribution is 0.222. The van der Waals surface area contributed by atoms with E-state index < -0.39 is 0 Å². The Labute approximate surface area is 131 Å². The van der Waals surface area contributed by atoms with Crippen LogP contribution >= 0.6 is 11.6 Å². The summed E-state index contributed by atoms with van der Waals surface area (Å²) in [5.41, 5.74) is 3.81. The Bertz CT molecular complexity index is 641. The van der Waals surface area contributed by atoms with Gasteiger partial charge in [0.15, 0.2) is 0 Å². The van der Waals surface area contributed by atoms with Crippen molar-refractivity contribution in [2.24, 2.45) is 0 Å². The lowest BCUT2D eigenvalue weighted by Crippen LogP contribution is -2.31. The molecule has 2 aromatic carbocycles. The van der Waals surface area contributed by atoms with Gasteiger partial charge in [0.05, 0.1) is 0 Å². The molecule has 0 aliphatic carbocycles. The maximum absolute atomic E-state index is 6.04. The molecule has 0 spiro atoms. The van der Waals surface area contributed by atoms with Gasteiger partial charge in [-0.25, -0.2) is 0 Å². The van der Waals surface area contributed by atoms with Crippen LogP contribution in [0.3, 0.4) is 0 Å². The SMILES string of the molecule is Cc1ccc2c(c1)CC(CN[C@@H](C)c1cccc(Cl)c1)O2. The minimum Gasteiger partial charge on any atom is -0.488 e. The molecule has 1 heterocycles. The Balaban J connectivity index is 1.57. The standard InChI is InChI=1S/C18H20ClNO/c1-12-6-7-18-15(8-12)10-17(21-18)11-20-13(2)14-4-3-5-16(19)9-14/h3-9,13,17,20H,10-11H2,1-2H3/t13-,17?/m0/s1. The van der Waals surface area contributed by atoms with Crippen LogP contribution in [0.25, 0.3) is 0 Å². The van der Waals surface area contributed by atoms with E-state index in [4.69, 9.17) is 16.3 Å². The van der Waals surface area contributed by atoms with Gasteiger partial charge in [0.25, 0.3) is 0 Å². The summed E-state index contributed by atoms with van der Waals surface area (Å²) in [5, 5.41) is 4.31. The molecule has 2 aromatic rings. The van der Waals surface area contributed by atoms with Gasteiger partial charge in [-0.05, 0) is 43.2 Å². The van der Waals surface area contributed by atoms with E-state index in [1.54, 1.807) is 0 Å². The lowest BCUT2D eigenvalue weighted by atomic mass is 10.1. The first-order valence-electron chi connectivity index (χ1n) is 7.37. The number of fused-ring (bicyclic) bond motifs is 1. The second-order valence-corrected chi connectivity index (χ2v) is 6.18. The van der Waals surface area contributed by atoms with Crippen molar-refractivity contribution in [3.8, 4) is 5.75 Å². The Morgan fingerprint density at radius 3 is 2.95 bits per heavy atom. The maximum Gasteiger partial charge on any atom is 0.123 e. The molecule has 3 heteroatoms. The predicted molar refractivity (Wildman–Crippen MR) is 87.2 cm³/mol. The molecule has 1 aliphatic rings. The third-order valence-electron chi connectivity index (χ3n) is 3.96. The zero-order valence-corrected chi connectivity index (χ0v) is 13.2. The van der Waals surface area contributed by atoms with Crippen molar-refractivity contribution in [3.05, 3.63) is 64.2 Å². The number of rotatable bonds is 4. The van der Waals surface area contributed by atoms with Gasteiger partial charge < -0.3 is 10.1 Å². The molecule has 2 atom stereocenters. The third-order valence-corrected chi connectivity index (χ3v) is 4.19. The first kappa shape index (κ1) is 14.4. The second kappa shape index (κ2) is 6.08. The van der Waals surface area contributed by atoms with E-state index in [-0.39, 0.29) is 12.1 Å². The Hall–Kier alpha value is -1.51. The summed E-state index contributed by atoms with van der Waals surface area (Å²) in [6.45, 7) is 5.10. The van der Waals surface area contributed by atoms with Crippen molar-refractivity contribution in [2.45, 2.75) is 32.4 Å². The van der Waals surface area contributed by atoms with E-state index in [9.17, 15) is 0 Å². The molecule has 0 bridgehead atoms. The zero-order valence-electron chi connectivity index (χ0n) is 12.4. The lowest BCUT2D eigenvalue weighted by Gasteiger charge is -2.18. The molecule has 0 saturated heterocycles. The highest BCUT2D eigenvalue weighted by atomic mass is 35.5. The van der Waals surface area contributed by atoms with Crippen LogP contribution in [-0.4, -0.2) is 12.6 Å². The fourth-order valence-corrected chi connectivity index (χ4v) is 2.96. The molecule has 1 aliphatic heterocycles. The van der Waals surface area contributed by atoms with Crippen LogP contribution in [0.4, 0.5) is 0 Å². The minimum atomic E-state index is 0.212. The van der Waals surface area contributed by atoms with Gasteiger partial charge in [0, 0.05) is 24.0 Å². The molecule has 110 valence electrons. The van der Waals surface area contributed by atoms with Gasteiger partial charge in [0.1, 0.15) is 11.9 Å². The van der Waals surface area contributed by atoms with Crippen molar-refractivity contribution in [2.75, 3.05) is 6.54 Å². The third kappa shape index (κ3) is 3.39. The highest BCUT2D eigenvalue weighted by Crippen LogP contribution is 2.29. The van der Waals surface area contributed by atoms with E-state index in [0.717, 1.165) is 23.7 Å². The average Bonchev–Trinajstić information content (AvgIpc) is 2.86. The number of ether oxygens (including phenoxy) is 1. The second-order valence-electron chi connectivity index (χ2n) is 5.74. The van der Waals surface area contributed by atoms with Crippen LogP contribution < -0.4 is 10.1 Å². The van der Waals surface area contributed by atoms with E-state index >= 15 is 0 Å². The molecule has 21 heavy (non-hydrogen) atoms. The van der Waals surface area contributed by atoms with Crippen LogP contribution in [0.15, 0.2) is 42.5 Å². The molecule has 0 radical (unpaired) electrons. The topological polar surface area (TPSA) is 21.3 Å². The van der Waals surface area contributed by atoms with Gasteiger partial charge in [-0.1, -0.05) is 41.4 Å². The van der Waals surface area contributed by atoms with Crippen LogP contribution in [0.1, 0.15) is 29.7 Å². The van der Waals surface area contributed by atoms with E-state index in [0.29, 0.717) is 0 Å². The Kier molecular flexibility index (Phi) is 4.18. The summed E-state index contributed by atoms with van der Waals surface area (Å²) in [4.78, 5) is 0. The fourth-order valence-electron chi connectivity index (χ4n) is 2.77. The summed E-state index contributed by atoms with van der Waals surface area (Å²) in [7, 11) is 0. The first-order valence-corrected chi connectivity index (χ1v) is 7.74. The molecular weight excluding hydrogens is 282 g/mol. The van der Waals surface area contributed by atoms with Crippen molar-refractivity contribution in [1.82, 2.24) is 5.32 Å². The largest absolute Gasteiger partial charge is 0.488 e. The molecule has 1 N–H and O–H groups in total. The van der Waals surface area contributed by atoms with Gasteiger partial charge in [-0.15, -0.1) is 0 Å². The molecule has 0 saturated carbocycles. The first-order chi connectivity index (χ1) is 10.1. The molecule has 2 nitrogen and oxygen atoms in total. The predicted octanol–water partition coefficient (Wildman–Crippen LogP) is 4.30. The number of benzene rings is 2. The summed E-state index contributed by atoms with van der Waals surface area (Å²) in [5.74, 6) is 1.03. The zero-order chi connectivity index (χ0) is 14.8. The Morgan fingerprint density at radius 1 is 1.29 bits per heavy atom. The number of nitrogens with one attached hydrogen (secondary N) is 1. The van der Waals surface area contributed by atoms with Crippen molar-refractivity contribution >= 4 is 11.6 Å². The molecule has 0 amide bonds. The molecule has 0 fully saturated rings. The summed E-state index contributed by atoms with van der Waals surface area (Å²) in [6, 6.07) is 14.6. The Morgan fingerprint density at radius 2 is 2.14 bits per heavy atom. The van der Waals surface area contributed by atoms with Crippen LogP contribution in [-0.2, 0) is 6.42 Å². The highest BCUT2D eigenvalue weighted by molar-refractivity contribution is 6.30. The normalized spacial score (nSPS) is 18.1. The molecule has 0 aromatic heterocycles. The van der Waals surface area contributed by atoms with E-state index in [1.165, 1.54) is 16.7 Å². The van der Waals surface area contributed by atoms with Crippen LogP contribution in [0, 0.1) is 6.92 Å². The summed E-state index contributed by atoms with van der Waals surface area (Å²) >= 11 is 6.04. The summed E-state index contributed by atoms with van der Waals surface area (Å²) < 4.78 is 5.98. The average molecular weight is 302 g/mol. The van der Waals surface area contributed by atoms with Crippen molar-refractivity contribution in [3.63, 3.8) is 0 Å². The molecule has 3 rings (SSSR count). The van der Waals surface area contributed by atoms with Gasteiger partial charge >= 0.3 is 0 Å². The smallest absolute Gasteiger partial charge is 0.123 e. The number of aryl methyl sites for hydroxylation is 1. The highest BCUT2D eigenvalue weighted by Gasteiger charge is 2.23. The number of hydrogen-bond donors (Lipinski definition) is 1. The van der Waals surface area contributed by atoms with Gasteiger partial charge in [0.2, 0.25) is 0 Å². The van der Waals surface area contributed by atoms with Gasteiger partial charge in [-0.2, -0.15) is 0 Å². The van der Waals surface area contributed by atoms with E-state index in [1.807, 2.05) is 18.2 Å². The van der Waals surface area contributed by atoms with Crippen molar-refractivity contribution in [1.29, 1.82) is 0 Å². The molecular formula is C18H20ClNO. The number of hydrogen-bond acceptors (Lipinski definition) is 2.